The van der Waals surface area contributed by atoms with Crippen molar-refractivity contribution in [2.45, 2.75) is 33.6 Å². The summed E-state index contributed by atoms with van der Waals surface area (Å²) in [5, 5.41) is 0. The topological polar surface area (TPSA) is 141 Å². The summed E-state index contributed by atoms with van der Waals surface area (Å²) in [6.45, 7) is 5.97. The maximum absolute atomic E-state index is 12.5. The van der Waals surface area contributed by atoms with E-state index in [9.17, 15) is 21.6 Å². The Balaban J connectivity index is 2.27. The molecule has 11 nitrogen and oxygen atoms in total. The van der Waals surface area contributed by atoms with Gasteiger partial charge in [0.15, 0.2) is 11.5 Å². The van der Waals surface area contributed by atoms with E-state index < -0.39 is 26.2 Å². The number of hydrogen-bond donors (Lipinski definition) is 0. The first-order valence-corrected chi connectivity index (χ1v) is 17.5. The molecule has 0 saturated carbocycles. The van der Waals surface area contributed by atoms with Crippen LogP contribution in [0.2, 0.25) is 0 Å². The summed E-state index contributed by atoms with van der Waals surface area (Å²) in [6, 6.07) is 13.0. The fraction of sp³-hybridized carbons (Fsp3) is 0.344. The molecule has 0 spiro atoms. The molecule has 0 atom stereocenters. The van der Waals surface area contributed by atoms with Crippen LogP contribution in [-0.2, 0) is 36.2 Å². The standard InChI is InChI=1S/C32H38O11S2/c1-8-40-30(33)16-14-25-31(23-11-15-27(41-18-17-21(2)3)28(19-23)43-45(7,36)37)29(38-4)20-26(32(25)39-5)22-9-12-24(13-10-22)42-44(6,34)35/h9-13,15,17,19-20H,8,14,16,18H2,1-7H3. The van der Waals surface area contributed by atoms with Crippen molar-refractivity contribution >= 4 is 26.2 Å². The average molecular weight is 663 g/mol. The molecule has 0 saturated heterocycles. The smallest absolute Gasteiger partial charge is 0.306 e. The van der Waals surface area contributed by atoms with Gasteiger partial charge in [-0.15, -0.1) is 0 Å². The number of allylic oxidation sites excluding steroid dienone is 1. The summed E-state index contributed by atoms with van der Waals surface area (Å²) < 4.78 is 80.5. The zero-order valence-electron chi connectivity index (χ0n) is 26.3. The molecule has 0 N–H and O–H groups in total. The molecule has 3 aromatic rings. The number of carbonyl (C=O) groups excluding carboxylic acids is 1. The molecule has 45 heavy (non-hydrogen) atoms. The summed E-state index contributed by atoms with van der Waals surface area (Å²) >= 11 is 0. The van der Waals surface area contributed by atoms with Gasteiger partial charge >= 0.3 is 26.2 Å². The first-order chi connectivity index (χ1) is 21.2. The third-order valence-electron chi connectivity index (χ3n) is 6.27. The van der Waals surface area contributed by atoms with Gasteiger partial charge in [0.1, 0.15) is 23.9 Å². The van der Waals surface area contributed by atoms with E-state index in [1.165, 1.54) is 32.4 Å². The van der Waals surface area contributed by atoms with E-state index in [4.69, 9.17) is 27.3 Å². The first-order valence-electron chi connectivity index (χ1n) is 13.9. The highest BCUT2D eigenvalue weighted by molar-refractivity contribution is 7.86. The van der Waals surface area contributed by atoms with Gasteiger partial charge in [-0.1, -0.05) is 23.8 Å². The molecule has 0 aliphatic heterocycles. The van der Waals surface area contributed by atoms with E-state index in [0.717, 1.165) is 18.1 Å². The largest absolute Gasteiger partial charge is 0.496 e. The lowest BCUT2D eigenvalue weighted by atomic mass is 9.90. The van der Waals surface area contributed by atoms with Crippen molar-refractivity contribution in [3.05, 3.63) is 65.7 Å². The molecule has 0 heterocycles. The van der Waals surface area contributed by atoms with Gasteiger partial charge in [-0.3, -0.25) is 4.79 Å². The highest BCUT2D eigenvalue weighted by Gasteiger charge is 2.24. The second kappa shape index (κ2) is 15.2. The molecule has 0 radical (unpaired) electrons. The molecule has 3 aromatic carbocycles. The van der Waals surface area contributed by atoms with Crippen molar-refractivity contribution in [2.24, 2.45) is 0 Å². The first kappa shape index (κ1) is 35.3. The van der Waals surface area contributed by atoms with E-state index in [2.05, 4.69) is 0 Å². The number of carbonyl (C=O) groups is 1. The molecule has 0 aromatic heterocycles. The van der Waals surface area contributed by atoms with E-state index >= 15 is 0 Å². The zero-order chi connectivity index (χ0) is 33.4. The van der Waals surface area contributed by atoms with Crippen LogP contribution in [0.25, 0.3) is 22.3 Å². The van der Waals surface area contributed by atoms with Crippen LogP contribution in [0, 0.1) is 0 Å². The van der Waals surface area contributed by atoms with Crippen LogP contribution in [0.3, 0.4) is 0 Å². The Morgan fingerprint density at radius 3 is 2.00 bits per heavy atom. The summed E-state index contributed by atoms with van der Waals surface area (Å²) in [5.41, 5.74) is 3.91. The van der Waals surface area contributed by atoms with Crippen molar-refractivity contribution < 1.29 is 48.9 Å². The average Bonchev–Trinajstić information content (AvgIpc) is 2.94. The van der Waals surface area contributed by atoms with Crippen molar-refractivity contribution in [3.63, 3.8) is 0 Å². The van der Waals surface area contributed by atoms with Crippen LogP contribution in [-0.4, -0.2) is 62.7 Å². The minimum Gasteiger partial charge on any atom is -0.496 e. The van der Waals surface area contributed by atoms with Gasteiger partial charge in [0.2, 0.25) is 0 Å². The summed E-state index contributed by atoms with van der Waals surface area (Å²) in [4.78, 5) is 12.5. The Bertz CT molecular complexity index is 1760. The van der Waals surface area contributed by atoms with Gasteiger partial charge in [0, 0.05) is 23.1 Å². The predicted molar refractivity (Wildman–Crippen MR) is 171 cm³/mol. The quantitative estimate of drug-likeness (QED) is 0.115. The maximum Gasteiger partial charge on any atom is 0.306 e. The van der Waals surface area contributed by atoms with Gasteiger partial charge < -0.3 is 27.3 Å². The molecule has 0 aliphatic rings. The molecule has 3 rings (SSSR count). The lowest BCUT2D eigenvalue weighted by Crippen LogP contribution is -2.09. The molecule has 13 heteroatoms. The SMILES string of the molecule is CCOC(=O)CCc1c(OC)c(-c2ccc(OS(C)(=O)=O)cc2)cc(OC)c1-c1ccc(OCC=C(C)C)c(OS(C)(=O)=O)c1. The number of rotatable bonds is 15. The third-order valence-corrected chi connectivity index (χ3v) is 7.25. The van der Waals surface area contributed by atoms with Crippen molar-refractivity contribution in [1.29, 1.82) is 0 Å². The van der Waals surface area contributed by atoms with E-state index in [1.807, 2.05) is 19.9 Å². The summed E-state index contributed by atoms with van der Waals surface area (Å²) in [6.07, 6.45) is 3.93. The van der Waals surface area contributed by atoms with Gasteiger partial charge in [-0.05, 0) is 74.7 Å². The van der Waals surface area contributed by atoms with Crippen LogP contribution in [0.15, 0.2) is 60.2 Å². The number of hydrogen-bond acceptors (Lipinski definition) is 11. The second-order valence-electron chi connectivity index (χ2n) is 10.2. The van der Waals surface area contributed by atoms with Gasteiger partial charge in [0.25, 0.3) is 0 Å². The number of esters is 1. The lowest BCUT2D eigenvalue weighted by molar-refractivity contribution is -0.143. The normalized spacial score (nSPS) is 11.4. The van der Waals surface area contributed by atoms with Crippen LogP contribution in [0.4, 0.5) is 0 Å². The zero-order valence-corrected chi connectivity index (χ0v) is 28.0. The van der Waals surface area contributed by atoms with E-state index in [0.29, 0.717) is 39.3 Å². The Kier molecular flexibility index (Phi) is 11.9. The Morgan fingerprint density at radius 2 is 1.44 bits per heavy atom. The van der Waals surface area contributed by atoms with Crippen LogP contribution in [0.1, 0.15) is 32.8 Å². The number of methoxy groups -OCH3 is 2. The second-order valence-corrected chi connectivity index (χ2v) is 13.3. The Labute approximate surface area is 264 Å². The minimum absolute atomic E-state index is 0.0154. The molecule has 0 aliphatic carbocycles. The summed E-state index contributed by atoms with van der Waals surface area (Å²) in [5.74, 6) is 0.720. The molecule has 0 amide bonds. The van der Waals surface area contributed by atoms with Crippen LogP contribution in [0.5, 0.6) is 28.7 Å². The van der Waals surface area contributed by atoms with Crippen LogP contribution >= 0.6 is 0 Å². The molecule has 244 valence electrons. The highest BCUT2D eigenvalue weighted by Crippen LogP contribution is 2.47. The predicted octanol–water partition coefficient (Wildman–Crippen LogP) is 5.56. The van der Waals surface area contributed by atoms with Crippen molar-refractivity contribution in [3.8, 4) is 51.0 Å². The lowest BCUT2D eigenvalue weighted by Gasteiger charge is -2.22. The monoisotopic (exact) mass is 662 g/mol. The van der Waals surface area contributed by atoms with E-state index in [-0.39, 0.29) is 43.3 Å². The van der Waals surface area contributed by atoms with Crippen LogP contribution < -0.4 is 22.6 Å². The third kappa shape index (κ3) is 10.1. The van der Waals surface area contributed by atoms with Crippen molar-refractivity contribution in [2.75, 3.05) is 39.9 Å². The molecular formula is C32H38O11S2. The highest BCUT2D eigenvalue weighted by atomic mass is 32.2. The fourth-order valence-corrected chi connectivity index (χ4v) is 5.41. The van der Waals surface area contributed by atoms with Gasteiger partial charge in [0.05, 0.1) is 33.3 Å². The molecule has 0 bridgehead atoms. The molecule has 0 unspecified atom stereocenters. The molecular weight excluding hydrogens is 624 g/mol. The summed E-state index contributed by atoms with van der Waals surface area (Å²) in [7, 11) is -4.67. The van der Waals surface area contributed by atoms with Crippen molar-refractivity contribution in [1.82, 2.24) is 0 Å². The molecule has 0 fully saturated rings. The number of ether oxygens (including phenoxy) is 4. The maximum atomic E-state index is 12.5. The minimum atomic E-state index is -3.92. The fourth-order valence-electron chi connectivity index (χ4n) is 4.49. The Hall–Kier alpha value is -4.23. The van der Waals surface area contributed by atoms with Gasteiger partial charge in [-0.25, -0.2) is 0 Å². The van der Waals surface area contributed by atoms with E-state index in [1.54, 1.807) is 37.3 Å². The van der Waals surface area contributed by atoms with Gasteiger partial charge in [-0.2, -0.15) is 16.8 Å². The number of benzene rings is 3. The Morgan fingerprint density at radius 1 is 0.800 bits per heavy atom.